The van der Waals surface area contributed by atoms with Crippen LogP contribution in [0.5, 0.6) is 5.88 Å². The summed E-state index contributed by atoms with van der Waals surface area (Å²) in [5, 5.41) is 0. The molecule has 18 heavy (non-hydrogen) atoms. The number of pyridine rings is 1. The molecule has 1 aromatic rings. The molecule has 0 N–H and O–H groups in total. The SMILES string of the molecule is Cc1cc(OC[C@H]2COC(C)(C)O2)nc(C)c1Br. The largest absolute Gasteiger partial charge is 0.475 e. The van der Waals surface area contributed by atoms with Gasteiger partial charge < -0.3 is 14.2 Å². The summed E-state index contributed by atoms with van der Waals surface area (Å²) < 4.78 is 17.8. The van der Waals surface area contributed by atoms with Gasteiger partial charge in [0.2, 0.25) is 5.88 Å². The number of hydrogen-bond donors (Lipinski definition) is 0. The fourth-order valence-electron chi connectivity index (χ4n) is 1.88. The maximum atomic E-state index is 5.67. The highest BCUT2D eigenvalue weighted by atomic mass is 79.9. The third-order valence-corrected chi connectivity index (χ3v) is 3.97. The van der Waals surface area contributed by atoms with E-state index in [-0.39, 0.29) is 6.10 Å². The van der Waals surface area contributed by atoms with Crippen molar-refractivity contribution in [2.24, 2.45) is 0 Å². The van der Waals surface area contributed by atoms with Crippen LogP contribution in [0.2, 0.25) is 0 Å². The van der Waals surface area contributed by atoms with Crippen LogP contribution in [0.3, 0.4) is 0 Å². The van der Waals surface area contributed by atoms with Crippen LogP contribution >= 0.6 is 15.9 Å². The van der Waals surface area contributed by atoms with E-state index in [0.717, 1.165) is 15.7 Å². The van der Waals surface area contributed by atoms with Crippen molar-refractivity contribution in [1.29, 1.82) is 0 Å². The summed E-state index contributed by atoms with van der Waals surface area (Å²) in [5.74, 6) is 0.119. The lowest BCUT2D eigenvalue weighted by Gasteiger charge is -2.17. The molecule has 0 bridgehead atoms. The van der Waals surface area contributed by atoms with Gasteiger partial charge in [0.1, 0.15) is 12.7 Å². The molecule has 0 aliphatic carbocycles. The molecule has 2 heterocycles. The zero-order chi connectivity index (χ0) is 13.3. The number of hydrogen-bond acceptors (Lipinski definition) is 4. The van der Waals surface area contributed by atoms with E-state index in [9.17, 15) is 0 Å². The predicted octanol–water partition coefficient (Wildman–Crippen LogP) is 2.99. The Balaban J connectivity index is 1.95. The normalized spacial score (nSPS) is 22.2. The average Bonchev–Trinajstić information content (AvgIpc) is 2.63. The summed E-state index contributed by atoms with van der Waals surface area (Å²) in [7, 11) is 0. The van der Waals surface area contributed by atoms with Crippen LogP contribution in [0.25, 0.3) is 0 Å². The van der Waals surface area contributed by atoms with Crippen LogP contribution in [0.15, 0.2) is 10.5 Å². The molecule has 100 valence electrons. The third kappa shape index (κ3) is 3.22. The highest BCUT2D eigenvalue weighted by Crippen LogP contribution is 2.25. The van der Waals surface area contributed by atoms with E-state index in [4.69, 9.17) is 14.2 Å². The van der Waals surface area contributed by atoms with E-state index in [1.807, 2.05) is 33.8 Å². The van der Waals surface area contributed by atoms with E-state index < -0.39 is 5.79 Å². The molecular weight excluding hydrogens is 298 g/mol. The number of nitrogens with zero attached hydrogens (tertiary/aromatic N) is 1. The molecule has 2 rings (SSSR count). The Labute approximate surface area is 116 Å². The van der Waals surface area contributed by atoms with Crippen molar-refractivity contribution in [3.05, 3.63) is 21.8 Å². The maximum Gasteiger partial charge on any atom is 0.213 e. The first kappa shape index (κ1) is 13.8. The van der Waals surface area contributed by atoms with Gasteiger partial charge in [0.05, 0.1) is 12.3 Å². The zero-order valence-electron chi connectivity index (χ0n) is 11.1. The maximum absolute atomic E-state index is 5.67. The van der Waals surface area contributed by atoms with E-state index in [0.29, 0.717) is 19.1 Å². The monoisotopic (exact) mass is 315 g/mol. The van der Waals surface area contributed by atoms with Gasteiger partial charge in [-0.15, -0.1) is 0 Å². The van der Waals surface area contributed by atoms with Crippen molar-refractivity contribution in [2.45, 2.75) is 39.6 Å². The molecule has 1 fully saturated rings. The lowest BCUT2D eigenvalue weighted by Crippen LogP contribution is -2.25. The van der Waals surface area contributed by atoms with Crippen LogP contribution in [0.4, 0.5) is 0 Å². The molecule has 0 saturated carbocycles. The second-order valence-corrected chi connectivity index (χ2v) is 5.73. The van der Waals surface area contributed by atoms with Gasteiger partial charge in [0, 0.05) is 10.5 Å². The Morgan fingerprint density at radius 3 is 2.78 bits per heavy atom. The van der Waals surface area contributed by atoms with Gasteiger partial charge in [-0.05, 0) is 49.2 Å². The number of ether oxygens (including phenoxy) is 3. The lowest BCUT2D eigenvalue weighted by molar-refractivity contribution is -0.141. The highest BCUT2D eigenvalue weighted by Gasteiger charge is 2.33. The highest BCUT2D eigenvalue weighted by molar-refractivity contribution is 9.10. The Kier molecular flexibility index (Phi) is 3.94. The van der Waals surface area contributed by atoms with Gasteiger partial charge >= 0.3 is 0 Å². The van der Waals surface area contributed by atoms with Gasteiger partial charge in [0.15, 0.2) is 5.79 Å². The summed E-state index contributed by atoms with van der Waals surface area (Å²) in [6.07, 6.45) is -0.0361. The van der Waals surface area contributed by atoms with E-state index >= 15 is 0 Å². The molecule has 0 spiro atoms. The first-order chi connectivity index (χ1) is 8.37. The summed E-state index contributed by atoms with van der Waals surface area (Å²) in [6.45, 7) is 8.78. The average molecular weight is 316 g/mol. The molecule has 1 aliphatic rings. The number of aryl methyl sites for hydroxylation is 2. The van der Waals surface area contributed by atoms with Crippen LogP contribution in [0, 0.1) is 13.8 Å². The van der Waals surface area contributed by atoms with Gasteiger partial charge in [-0.3, -0.25) is 0 Å². The molecule has 0 aromatic carbocycles. The van der Waals surface area contributed by atoms with Gasteiger partial charge in [0.25, 0.3) is 0 Å². The van der Waals surface area contributed by atoms with Gasteiger partial charge in [-0.25, -0.2) is 4.98 Å². The van der Waals surface area contributed by atoms with E-state index in [2.05, 4.69) is 20.9 Å². The summed E-state index contributed by atoms with van der Waals surface area (Å²) in [4.78, 5) is 4.37. The summed E-state index contributed by atoms with van der Waals surface area (Å²) >= 11 is 3.48. The molecule has 5 heteroatoms. The molecule has 1 aliphatic heterocycles. The third-order valence-electron chi connectivity index (χ3n) is 2.77. The molecule has 1 atom stereocenters. The summed E-state index contributed by atoms with van der Waals surface area (Å²) in [5.41, 5.74) is 2.04. The minimum absolute atomic E-state index is 0.0361. The van der Waals surface area contributed by atoms with Gasteiger partial charge in [-0.2, -0.15) is 0 Å². The van der Waals surface area contributed by atoms with Crippen molar-refractivity contribution < 1.29 is 14.2 Å². The molecule has 1 saturated heterocycles. The molecule has 1 aromatic heterocycles. The second-order valence-electron chi connectivity index (χ2n) is 4.94. The van der Waals surface area contributed by atoms with Gasteiger partial charge in [-0.1, -0.05) is 0 Å². The Morgan fingerprint density at radius 1 is 1.50 bits per heavy atom. The van der Waals surface area contributed by atoms with Crippen molar-refractivity contribution >= 4 is 15.9 Å². The first-order valence-corrected chi connectivity index (χ1v) is 6.75. The quantitative estimate of drug-likeness (QED) is 0.859. The number of rotatable bonds is 3. The van der Waals surface area contributed by atoms with Crippen LogP contribution < -0.4 is 4.74 Å². The smallest absolute Gasteiger partial charge is 0.213 e. The van der Waals surface area contributed by atoms with Crippen LogP contribution in [-0.4, -0.2) is 30.1 Å². The number of aromatic nitrogens is 1. The summed E-state index contributed by atoms with van der Waals surface area (Å²) in [6, 6.07) is 1.91. The number of halogens is 1. The standard InChI is InChI=1S/C13H18BrNO3/c1-8-5-11(15-9(2)12(8)14)16-6-10-7-17-13(3,4)18-10/h5,10H,6-7H2,1-4H3/t10-/m0/s1. The Hall–Kier alpha value is -0.650. The zero-order valence-corrected chi connectivity index (χ0v) is 12.7. The van der Waals surface area contributed by atoms with Crippen molar-refractivity contribution in [2.75, 3.05) is 13.2 Å². The fourth-order valence-corrected chi connectivity index (χ4v) is 2.08. The topological polar surface area (TPSA) is 40.6 Å². The minimum Gasteiger partial charge on any atom is -0.475 e. The van der Waals surface area contributed by atoms with Crippen molar-refractivity contribution in [1.82, 2.24) is 4.98 Å². The second kappa shape index (κ2) is 5.15. The first-order valence-electron chi connectivity index (χ1n) is 5.96. The molecule has 0 radical (unpaired) electrons. The Bertz CT molecular complexity index is 425. The van der Waals surface area contributed by atoms with Crippen LogP contribution in [0.1, 0.15) is 25.1 Å². The Morgan fingerprint density at radius 2 is 2.22 bits per heavy atom. The molecular formula is C13H18BrNO3. The van der Waals surface area contributed by atoms with E-state index in [1.165, 1.54) is 0 Å². The molecule has 0 unspecified atom stereocenters. The lowest BCUT2D eigenvalue weighted by atomic mass is 10.2. The minimum atomic E-state index is -0.507. The molecule has 0 amide bonds. The van der Waals surface area contributed by atoms with E-state index in [1.54, 1.807) is 0 Å². The van der Waals surface area contributed by atoms with Crippen molar-refractivity contribution in [3.63, 3.8) is 0 Å². The predicted molar refractivity (Wildman–Crippen MR) is 71.8 cm³/mol. The fraction of sp³-hybridized carbons (Fsp3) is 0.615. The molecule has 4 nitrogen and oxygen atoms in total. The van der Waals surface area contributed by atoms with Crippen LogP contribution in [-0.2, 0) is 9.47 Å². The van der Waals surface area contributed by atoms with Crippen molar-refractivity contribution in [3.8, 4) is 5.88 Å².